The Hall–Kier alpha value is -3.02. The average Bonchev–Trinajstić information content (AvgIpc) is 3.18. The number of nitrogens with zero attached hydrogens (tertiary/aromatic N) is 2. The Labute approximate surface area is 166 Å². The minimum Gasteiger partial charge on any atom is -0.453 e. The van der Waals surface area contributed by atoms with Gasteiger partial charge in [-0.1, -0.05) is 42.5 Å². The number of amides is 1. The number of benzene rings is 2. The Bertz CT molecular complexity index is 790. The van der Waals surface area contributed by atoms with Crippen LogP contribution in [0, 0.1) is 5.92 Å². The van der Waals surface area contributed by atoms with E-state index in [1.165, 1.54) is 19.1 Å². The van der Waals surface area contributed by atoms with Crippen molar-refractivity contribution in [1.29, 1.82) is 0 Å². The van der Waals surface area contributed by atoms with Crippen LogP contribution in [0.25, 0.3) is 0 Å². The standard InChI is InChI=1S/C22H28N4O2/c1-23-21(24-15-18-8-10-20(11-9-18)25-22(27)28-2)26-13-12-19(16-26)14-17-6-4-3-5-7-17/h3-11,19H,12-16H2,1-2H3,(H,23,24)(H,25,27). The van der Waals surface area contributed by atoms with E-state index < -0.39 is 6.09 Å². The minimum absolute atomic E-state index is 0.467. The summed E-state index contributed by atoms with van der Waals surface area (Å²) in [5, 5.41) is 6.10. The van der Waals surface area contributed by atoms with Crippen molar-refractivity contribution in [3.8, 4) is 0 Å². The lowest BCUT2D eigenvalue weighted by atomic mass is 9.99. The van der Waals surface area contributed by atoms with Crippen molar-refractivity contribution in [2.75, 3.05) is 32.6 Å². The molecule has 1 saturated heterocycles. The number of likely N-dealkylation sites (tertiary alicyclic amines) is 1. The summed E-state index contributed by atoms with van der Waals surface area (Å²) in [6.45, 7) is 2.74. The molecule has 2 aromatic rings. The maximum Gasteiger partial charge on any atom is 0.411 e. The lowest BCUT2D eigenvalue weighted by Gasteiger charge is -2.22. The van der Waals surface area contributed by atoms with E-state index in [-0.39, 0.29) is 0 Å². The lowest BCUT2D eigenvalue weighted by molar-refractivity contribution is 0.187. The van der Waals surface area contributed by atoms with Crippen LogP contribution in [0.5, 0.6) is 0 Å². The molecule has 6 nitrogen and oxygen atoms in total. The molecule has 148 valence electrons. The van der Waals surface area contributed by atoms with Crippen molar-refractivity contribution < 1.29 is 9.53 Å². The molecular weight excluding hydrogens is 352 g/mol. The van der Waals surface area contributed by atoms with E-state index in [2.05, 4.69) is 55.6 Å². The maximum absolute atomic E-state index is 11.2. The molecule has 0 aromatic heterocycles. The van der Waals surface area contributed by atoms with Gasteiger partial charge in [0, 0.05) is 32.4 Å². The molecule has 1 aliphatic heterocycles. The van der Waals surface area contributed by atoms with E-state index in [4.69, 9.17) is 0 Å². The Balaban J connectivity index is 1.49. The van der Waals surface area contributed by atoms with Gasteiger partial charge in [-0.15, -0.1) is 0 Å². The molecule has 0 aliphatic carbocycles. The van der Waals surface area contributed by atoms with E-state index in [0.29, 0.717) is 18.2 Å². The second-order valence-electron chi connectivity index (χ2n) is 7.00. The van der Waals surface area contributed by atoms with Gasteiger partial charge in [-0.25, -0.2) is 4.79 Å². The molecule has 6 heteroatoms. The predicted molar refractivity (Wildman–Crippen MR) is 112 cm³/mol. The molecule has 1 heterocycles. The second kappa shape index (κ2) is 9.78. The van der Waals surface area contributed by atoms with Crippen LogP contribution in [-0.2, 0) is 17.7 Å². The smallest absolute Gasteiger partial charge is 0.411 e. The van der Waals surface area contributed by atoms with Gasteiger partial charge in [0.25, 0.3) is 0 Å². The molecule has 1 atom stereocenters. The van der Waals surface area contributed by atoms with E-state index in [1.807, 2.05) is 31.3 Å². The van der Waals surface area contributed by atoms with Crippen LogP contribution in [0.1, 0.15) is 17.5 Å². The number of anilines is 1. The van der Waals surface area contributed by atoms with Crippen molar-refractivity contribution in [3.63, 3.8) is 0 Å². The third-order valence-corrected chi connectivity index (χ3v) is 5.00. The summed E-state index contributed by atoms with van der Waals surface area (Å²) in [4.78, 5) is 18.0. The first kappa shape index (κ1) is 19.7. The summed E-state index contributed by atoms with van der Waals surface area (Å²) in [6, 6.07) is 18.4. The number of hydrogen-bond acceptors (Lipinski definition) is 3. The number of carbonyl (C=O) groups is 1. The largest absolute Gasteiger partial charge is 0.453 e. The predicted octanol–water partition coefficient (Wildman–Crippen LogP) is 3.50. The van der Waals surface area contributed by atoms with Gasteiger partial charge in [0.2, 0.25) is 0 Å². The molecule has 0 saturated carbocycles. The summed E-state index contributed by atoms with van der Waals surface area (Å²) in [5.41, 5.74) is 3.23. The number of ether oxygens (including phenoxy) is 1. The van der Waals surface area contributed by atoms with Crippen LogP contribution in [0.2, 0.25) is 0 Å². The Kier molecular flexibility index (Phi) is 6.89. The summed E-state index contributed by atoms with van der Waals surface area (Å²) >= 11 is 0. The number of hydrogen-bond donors (Lipinski definition) is 2. The normalized spacial score (nSPS) is 16.7. The van der Waals surface area contributed by atoms with Crippen LogP contribution < -0.4 is 10.6 Å². The summed E-state index contributed by atoms with van der Waals surface area (Å²) in [7, 11) is 3.18. The van der Waals surface area contributed by atoms with Crippen LogP contribution >= 0.6 is 0 Å². The maximum atomic E-state index is 11.2. The Morgan fingerprint density at radius 2 is 1.89 bits per heavy atom. The zero-order valence-corrected chi connectivity index (χ0v) is 16.5. The molecular formula is C22H28N4O2. The first-order chi connectivity index (χ1) is 13.7. The fourth-order valence-electron chi connectivity index (χ4n) is 3.53. The van der Waals surface area contributed by atoms with E-state index >= 15 is 0 Å². The fraction of sp³-hybridized carbons (Fsp3) is 0.364. The molecule has 0 spiro atoms. The molecule has 2 N–H and O–H groups in total. The number of nitrogens with one attached hydrogen (secondary N) is 2. The molecule has 1 amide bonds. The Morgan fingerprint density at radius 1 is 1.14 bits per heavy atom. The molecule has 0 radical (unpaired) electrons. The summed E-state index contributed by atoms with van der Waals surface area (Å²) < 4.78 is 4.60. The summed E-state index contributed by atoms with van der Waals surface area (Å²) in [6.07, 6.45) is 1.83. The van der Waals surface area contributed by atoms with Crippen molar-refractivity contribution in [2.24, 2.45) is 10.9 Å². The van der Waals surface area contributed by atoms with Crippen LogP contribution in [0.15, 0.2) is 59.6 Å². The number of guanidine groups is 1. The van der Waals surface area contributed by atoms with Crippen LogP contribution in [0.4, 0.5) is 10.5 Å². The second-order valence-corrected chi connectivity index (χ2v) is 7.00. The number of carbonyl (C=O) groups excluding carboxylic acids is 1. The molecule has 1 unspecified atom stereocenters. The first-order valence-electron chi connectivity index (χ1n) is 9.61. The van der Waals surface area contributed by atoms with Gasteiger partial charge in [0.1, 0.15) is 0 Å². The number of methoxy groups -OCH3 is 1. The zero-order valence-electron chi connectivity index (χ0n) is 16.5. The first-order valence-corrected chi connectivity index (χ1v) is 9.61. The minimum atomic E-state index is -0.467. The lowest BCUT2D eigenvalue weighted by Crippen LogP contribution is -2.39. The van der Waals surface area contributed by atoms with Crippen molar-refractivity contribution in [1.82, 2.24) is 10.2 Å². The quantitative estimate of drug-likeness (QED) is 0.615. The van der Waals surface area contributed by atoms with E-state index in [1.54, 1.807) is 0 Å². The molecule has 28 heavy (non-hydrogen) atoms. The van der Waals surface area contributed by atoms with Gasteiger partial charge in [0.15, 0.2) is 5.96 Å². The third-order valence-electron chi connectivity index (χ3n) is 5.00. The third kappa shape index (κ3) is 5.49. The topological polar surface area (TPSA) is 66.0 Å². The molecule has 0 bridgehead atoms. The highest BCUT2D eigenvalue weighted by Crippen LogP contribution is 2.21. The molecule has 1 fully saturated rings. The van der Waals surface area contributed by atoms with Gasteiger partial charge in [0.05, 0.1) is 7.11 Å². The van der Waals surface area contributed by atoms with Gasteiger partial charge < -0.3 is 15.0 Å². The van der Waals surface area contributed by atoms with Crippen molar-refractivity contribution in [3.05, 3.63) is 65.7 Å². The van der Waals surface area contributed by atoms with Gasteiger partial charge in [-0.05, 0) is 42.0 Å². The van der Waals surface area contributed by atoms with Gasteiger partial charge in [-0.2, -0.15) is 0 Å². The highest BCUT2D eigenvalue weighted by atomic mass is 16.5. The fourth-order valence-corrected chi connectivity index (χ4v) is 3.53. The van der Waals surface area contributed by atoms with Gasteiger partial charge >= 0.3 is 6.09 Å². The van der Waals surface area contributed by atoms with Crippen molar-refractivity contribution in [2.45, 2.75) is 19.4 Å². The van der Waals surface area contributed by atoms with E-state index in [9.17, 15) is 4.79 Å². The monoisotopic (exact) mass is 380 g/mol. The number of aliphatic imine (C=N–C) groups is 1. The van der Waals surface area contributed by atoms with Crippen molar-refractivity contribution >= 4 is 17.7 Å². The zero-order chi connectivity index (χ0) is 19.8. The average molecular weight is 380 g/mol. The number of rotatable bonds is 5. The van der Waals surface area contributed by atoms with E-state index in [0.717, 1.165) is 31.0 Å². The highest BCUT2D eigenvalue weighted by Gasteiger charge is 2.24. The van der Waals surface area contributed by atoms with Gasteiger partial charge in [-0.3, -0.25) is 10.3 Å². The molecule has 3 rings (SSSR count). The molecule has 2 aromatic carbocycles. The Morgan fingerprint density at radius 3 is 2.57 bits per heavy atom. The SMILES string of the molecule is CN=C(NCc1ccc(NC(=O)OC)cc1)N1CCC(Cc2ccccc2)C1. The highest BCUT2D eigenvalue weighted by molar-refractivity contribution is 5.84. The van der Waals surface area contributed by atoms with Crippen LogP contribution in [0.3, 0.4) is 0 Å². The van der Waals surface area contributed by atoms with Crippen LogP contribution in [-0.4, -0.2) is 44.2 Å². The summed E-state index contributed by atoms with van der Waals surface area (Å²) in [5.74, 6) is 1.59. The molecule has 1 aliphatic rings.